The molecule has 9 atom stereocenters. The van der Waals surface area contributed by atoms with E-state index in [1.807, 2.05) is 48.8 Å². The Labute approximate surface area is 763 Å². The van der Waals surface area contributed by atoms with Crippen LogP contribution in [-0.4, -0.2) is 275 Å². The molecule has 0 amide bonds. The fraction of sp³-hybridized carbons (Fsp3) is 0.943. The van der Waals surface area contributed by atoms with Crippen LogP contribution in [0.1, 0.15) is 401 Å². The van der Waals surface area contributed by atoms with Gasteiger partial charge in [-0.05, 0) is 315 Å². The lowest BCUT2D eigenvalue weighted by atomic mass is 9.99. The Morgan fingerprint density at radius 3 is 0.807 bits per heavy atom. The van der Waals surface area contributed by atoms with Crippen LogP contribution < -0.4 is 31.9 Å². The van der Waals surface area contributed by atoms with E-state index in [4.69, 9.17) is 0 Å². The minimum absolute atomic E-state index is 0.625. The molecule has 1 aromatic carbocycles. The quantitative estimate of drug-likeness (QED) is 0.0379. The minimum atomic E-state index is 0.625. The number of nitrogens with zero attached hydrogens (tertiary/aromatic N) is 8. The summed E-state index contributed by atoms with van der Waals surface area (Å²) in [6.07, 6.45) is 13.8. The third-order valence-electron chi connectivity index (χ3n) is 20.1. The van der Waals surface area contributed by atoms with Gasteiger partial charge < -0.3 is 71.1 Å². The van der Waals surface area contributed by atoms with Crippen molar-refractivity contribution in [2.24, 2.45) is 29.6 Å². The van der Waals surface area contributed by atoms with E-state index in [1.54, 1.807) is 0 Å². The summed E-state index contributed by atoms with van der Waals surface area (Å²) >= 11 is 0. The molecule has 1 rings (SSSR count). The summed E-state index contributed by atoms with van der Waals surface area (Å²) in [6, 6.07) is 20.0. The van der Waals surface area contributed by atoms with Crippen molar-refractivity contribution >= 4 is 0 Å². The second kappa shape index (κ2) is 119. The highest BCUT2D eigenvalue weighted by molar-refractivity contribution is 5.18. The first kappa shape index (κ1) is 155. The van der Waals surface area contributed by atoms with Crippen LogP contribution in [0.25, 0.3) is 0 Å². The van der Waals surface area contributed by atoms with E-state index in [9.17, 15) is 0 Å². The van der Waals surface area contributed by atoms with Gasteiger partial charge >= 0.3 is 0 Å². The molecule has 14 heteroatoms. The SMILES string of the molecule is CC.CC.CC(C)N(C)C.CC(C)N(C)C(C)C.CC(C)NC(C)C.CCC(C)CN(C)C.CCC(C)CN(C)C(C)C.CCC(C)CNC.CCC(C)CNC(C)C.CCC(C)N(C)C.CCC(C)N(C)C(C)C.CCC(C)NC.CCC(C)NC(C)C.CCC(C)c1ccccc1.CCCN(C)C.CCCN(C)CC(C)C.CNC(C)C. The Bertz CT molecular complexity index is 1730. The molecular weight excluding hydrogens is 1460 g/mol. The van der Waals surface area contributed by atoms with Gasteiger partial charge in [-0.3, -0.25) is 0 Å². The molecular formula is C105H250N14. The Balaban J connectivity index is -0.0000000682. The van der Waals surface area contributed by atoms with E-state index in [0.717, 1.165) is 54.8 Å². The molecule has 740 valence electrons. The van der Waals surface area contributed by atoms with Crippen LogP contribution in [0.4, 0.5) is 0 Å². The molecule has 0 aromatic heterocycles. The zero-order valence-corrected chi connectivity index (χ0v) is 95.2. The average Bonchev–Trinajstić information content (AvgIpc) is 0.927. The van der Waals surface area contributed by atoms with E-state index in [1.165, 1.54) is 109 Å². The summed E-state index contributed by atoms with van der Waals surface area (Å²) in [5.74, 6) is 4.87. The minimum Gasteiger partial charge on any atom is -0.319 e. The third kappa shape index (κ3) is 171. The summed E-state index contributed by atoms with van der Waals surface area (Å²) in [5.41, 5.74) is 1.45. The second-order valence-corrected chi connectivity index (χ2v) is 37.4. The third-order valence-corrected chi connectivity index (χ3v) is 20.1. The maximum atomic E-state index is 3.40. The van der Waals surface area contributed by atoms with Crippen LogP contribution in [0.3, 0.4) is 0 Å². The van der Waals surface area contributed by atoms with Gasteiger partial charge in [0.1, 0.15) is 0 Å². The van der Waals surface area contributed by atoms with Gasteiger partial charge in [-0.1, -0.05) is 278 Å². The summed E-state index contributed by atoms with van der Waals surface area (Å²) in [6.45, 7) is 109. The van der Waals surface area contributed by atoms with Crippen molar-refractivity contribution in [2.75, 3.05) is 152 Å². The Hall–Kier alpha value is -1.34. The molecule has 6 N–H and O–H groups in total. The number of benzene rings is 1. The molecule has 0 fully saturated rings. The number of rotatable bonds is 38. The Kier molecular flexibility index (Phi) is 155. The van der Waals surface area contributed by atoms with Crippen LogP contribution >= 0.6 is 0 Å². The van der Waals surface area contributed by atoms with Crippen LogP contribution in [0.5, 0.6) is 0 Å². The van der Waals surface area contributed by atoms with E-state index in [2.05, 4.69) is 477 Å². The molecule has 119 heavy (non-hydrogen) atoms. The van der Waals surface area contributed by atoms with E-state index in [-0.39, 0.29) is 0 Å². The van der Waals surface area contributed by atoms with Gasteiger partial charge in [0.2, 0.25) is 0 Å². The predicted octanol–water partition coefficient (Wildman–Crippen LogP) is 26.4. The molecule has 9 unspecified atom stereocenters. The molecule has 0 saturated carbocycles. The fourth-order valence-electron chi connectivity index (χ4n) is 8.53. The van der Waals surface area contributed by atoms with Crippen molar-refractivity contribution in [2.45, 2.75) is 480 Å². The second-order valence-electron chi connectivity index (χ2n) is 37.4. The first-order valence-electron chi connectivity index (χ1n) is 49.6. The van der Waals surface area contributed by atoms with Gasteiger partial charge in [0.25, 0.3) is 0 Å². The van der Waals surface area contributed by atoms with E-state index >= 15 is 0 Å². The maximum absolute atomic E-state index is 3.40. The van der Waals surface area contributed by atoms with Crippen LogP contribution in [0.15, 0.2) is 30.3 Å². The molecule has 0 bridgehead atoms. The molecule has 0 saturated heterocycles. The monoisotopic (exact) mass is 1710 g/mol. The molecule has 14 nitrogen and oxygen atoms in total. The first-order chi connectivity index (χ1) is 54.8. The summed E-state index contributed by atoms with van der Waals surface area (Å²) in [4.78, 5) is 18.3. The van der Waals surface area contributed by atoms with E-state index < -0.39 is 0 Å². The van der Waals surface area contributed by atoms with Gasteiger partial charge in [-0.25, -0.2) is 0 Å². The Morgan fingerprint density at radius 2 is 0.655 bits per heavy atom. The molecule has 0 heterocycles. The largest absolute Gasteiger partial charge is 0.319 e. The highest BCUT2D eigenvalue weighted by atomic mass is 15.2. The molecule has 1 aromatic rings. The van der Waals surface area contributed by atoms with Crippen molar-refractivity contribution in [1.29, 1.82) is 0 Å². The van der Waals surface area contributed by atoms with Gasteiger partial charge in [-0.15, -0.1) is 0 Å². The topological polar surface area (TPSA) is 98.1 Å². The van der Waals surface area contributed by atoms with Crippen molar-refractivity contribution in [3.8, 4) is 0 Å². The smallest absolute Gasteiger partial charge is 0.00639 e. The lowest BCUT2D eigenvalue weighted by Gasteiger charge is -2.27. The lowest BCUT2D eigenvalue weighted by molar-refractivity contribution is 0.204. The van der Waals surface area contributed by atoms with Gasteiger partial charge in [0.05, 0.1) is 0 Å². The van der Waals surface area contributed by atoms with Crippen molar-refractivity contribution in [1.82, 2.24) is 71.1 Å². The number of nitrogens with one attached hydrogen (secondary N) is 6. The van der Waals surface area contributed by atoms with Crippen LogP contribution in [0.2, 0.25) is 0 Å². The zero-order valence-electron chi connectivity index (χ0n) is 95.2. The lowest BCUT2D eigenvalue weighted by Crippen LogP contribution is -2.34. The van der Waals surface area contributed by atoms with Gasteiger partial charge in [0, 0.05) is 104 Å². The fourth-order valence-corrected chi connectivity index (χ4v) is 8.53. The predicted molar refractivity (Wildman–Crippen MR) is 568 cm³/mol. The van der Waals surface area contributed by atoms with Gasteiger partial charge in [0.15, 0.2) is 0 Å². The van der Waals surface area contributed by atoms with E-state index in [0.29, 0.717) is 78.4 Å². The Morgan fingerprint density at radius 1 is 0.303 bits per heavy atom. The molecule has 0 aliphatic rings. The standard InChI is InChI=1S/C10H14.C9H21N.3C8H19N.3C7H17N.3C6H15N.3C5H13N.C4H11N.2C2H6/c1-3-9(2)10-7-5-4-6-8-10;1-6-9(4)7-10(5)8(2)3;1-6-8(4)9(5)7(2)3;1-5-8(4)6-9-7(2)3;1-5-6-9(4)7-8(2)3;1-6(2)8(5)7(3)4;1-5-7(2)6-8(3)4;1-5-7(4)8-6(2)3;1-5-6(2)7(3)4;1-5(2)7-6(3)4;1-4-6(2)5-7-3;1-5(2)6(3)4;1-4-5-6(2)3;1-4-5(2)6-3;1-4(2)5-3;2*1-2/h4-9H,3H2,1-2H3;8-9H,6-7H2,1-5H3;7-8H,6H2,1-5H3;7-9H,5-6H2,1-4H3;8H,5-7H2,1-4H3;6-7H,1-5H3;7H,5-6H2,1-4H3;6-8H,5H2,1-4H3;6H,5H2,1-4H3;5-7H,1-4H3;6-7H,4-5H2,1-3H3;5H,1-4H3;4-5H2,1-3H3;5-6H,4H2,1-3H3;4-5H,1-3H3;2*1-2H3. The van der Waals surface area contributed by atoms with Crippen LogP contribution in [0, 0.1) is 29.6 Å². The highest BCUT2D eigenvalue weighted by Gasteiger charge is 2.10. The maximum Gasteiger partial charge on any atom is 0.00639 e. The van der Waals surface area contributed by atoms with Crippen LogP contribution in [-0.2, 0) is 0 Å². The highest BCUT2D eigenvalue weighted by Crippen LogP contribution is 2.17. The summed E-state index contributed by atoms with van der Waals surface area (Å²) < 4.78 is 0. The molecule has 0 radical (unpaired) electrons. The molecule has 0 aliphatic heterocycles. The summed E-state index contributed by atoms with van der Waals surface area (Å²) in [5, 5.41) is 19.4. The molecule has 0 aliphatic carbocycles. The van der Waals surface area contributed by atoms with Crippen molar-refractivity contribution in [3.05, 3.63) is 35.9 Å². The summed E-state index contributed by atoms with van der Waals surface area (Å²) in [7, 11) is 31.4. The van der Waals surface area contributed by atoms with Gasteiger partial charge in [-0.2, -0.15) is 0 Å². The van der Waals surface area contributed by atoms with Crippen molar-refractivity contribution < 1.29 is 0 Å². The number of hydrogen-bond donors (Lipinski definition) is 6. The average molecular weight is 1710 g/mol. The number of hydrogen-bond acceptors (Lipinski definition) is 14. The zero-order chi connectivity index (χ0) is 98.2. The van der Waals surface area contributed by atoms with Crippen molar-refractivity contribution in [3.63, 3.8) is 0 Å². The normalized spacial score (nSPS) is 12.8. The molecule has 0 spiro atoms. The first-order valence-corrected chi connectivity index (χ1v) is 49.6.